The summed E-state index contributed by atoms with van der Waals surface area (Å²) in [6.45, 7) is 5.54. The zero-order valence-electron chi connectivity index (χ0n) is 14.7. The molecule has 0 bridgehead atoms. The molecule has 3 rings (SSSR count). The van der Waals surface area contributed by atoms with Gasteiger partial charge < -0.3 is 21.0 Å². The number of aliphatic carboxylic acids is 1. The van der Waals surface area contributed by atoms with Gasteiger partial charge in [0.05, 0.1) is 0 Å². The van der Waals surface area contributed by atoms with Crippen LogP contribution in [0.2, 0.25) is 0 Å². The van der Waals surface area contributed by atoms with Crippen LogP contribution in [0.4, 0.5) is 5.13 Å². The number of hydrogen-bond donors (Lipinski definition) is 3. The molecule has 2 aliphatic rings. The molecule has 0 aliphatic carbocycles. The number of nitrogens with two attached hydrogens (primary N) is 1. The Hall–Kier alpha value is -2.86. The fraction of sp³-hybridized carbons (Fsp3) is 0.312. The molecule has 0 saturated carbocycles. The molecule has 3 heterocycles. The average molecular weight is 423 g/mol. The lowest BCUT2D eigenvalue weighted by atomic mass is 10.0. The van der Waals surface area contributed by atoms with Crippen molar-refractivity contribution >= 4 is 51.7 Å². The monoisotopic (exact) mass is 423 g/mol. The number of thiazole rings is 1. The first-order chi connectivity index (χ1) is 13.4. The van der Waals surface area contributed by atoms with E-state index >= 15 is 0 Å². The highest BCUT2D eigenvalue weighted by Gasteiger charge is 2.54. The first-order valence-electron chi connectivity index (χ1n) is 8.14. The Morgan fingerprint density at radius 1 is 1.61 bits per heavy atom. The van der Waals surface area contributed by atoms with Crippen molar-refractivity contribution in [3.63, 3.8) is 0 Å². The number of rotatable bonds is 7. The second-order valence-corrected chi connectivity index (χ2v) is 7.67. The minimum absolute atomic E-state index is 0.107. The second-order valence-electron chi connectivity index (χ2n) is 5.67. The molecule has 1 aromatic rings. The number of fused-ring (bicyclic) bond motifs is 1. The summed E-state index contributed by atoms with van der Waals surface area (Å²) in [7, 11) is 0. The topological polar surface area (TPSA) is 147 Å². The van der Waals surface area contributed by atoms with Crippen LogP contribution in [0.25, 0.3) is 0 Å². The van der Waals surface area contributed by atoms with Gasteiger partial charge in [0.15, 0.2) is 10.8 Å². The third-order valence-corrected chi connectivity index (χ3v) is 5.97. The standard InChI is InChI=1S/C16H17N5O5S2/c1-3-7-5-27-14-10(13(23)21(14)11(7)15(24)25)19-12(22)9(20-26-4-2)8-6-28-16(17)18-8/h3,6,10,14H,1,4-5H2,2H3,(H2,17,18)(H,19,22)(H,24,25)/b20-9+. The van der Waals surface area contributed by atoms with Crippen LogP contribution in [0.3, 0.4) is 0 Å². The number of allylic oxidation sites excluding steroid dienone is 1. The van der Waals surface area contributed by atoms with Crippen LogP contribution in [-0.2, 0) is 19.2 Å². The number of β-lactam (4-membered cyclic amide) rings is 1. The van der Waals surface area contributed by atoms with Crippen molar-refractivity contribution in [3.8, 4) is 0 Å². The van der Waals surface area contributed by atoms with Gasteiger partial charge in [-0.1, -0.05) is 17.8 Å². The molecule has 0 radical (unpaired) electrons. The SMILES string of the molecule is C=CC1=C(C(=O)O)N2C(=O)C(NC(=O)/C(=N/OCC)c3csc(N)n3)C2SC1. The number of oxime groups is 1. The summed E-state index contributed by atoms with van der Waals surface area (Å²) in [4.78, 5) is 47.0. The molecule has 10 nitrogen and oxygen atoms in total. The molecule has 2 atom stereocenters. The van der Waals surface area contributed by atoms with E-state index in [1.807, 2.05) is 0 Å². The molecule has 28 heavy (non-hydrogen) atoms. The molecule has 12 heteroatoms. The molecule has 1 aromatic heterocycles. The number of carboxylic acid groups (broad SMARTS) is 1. The number of carboxylic acids is 1. The third kappa shape index (κ3) is 3.47. The van der Waals surface area contributed by atoms with Gasteiger partial charge in [0.1, 0.15) is 29.4 Å². The minimum atomic E-state index is -1.21. The van der Waals surface area contributed by atoms with Gasteiger partial charge in [0.2, 0.25) is 0 Å². The number of amides is 2. The lowest BCUT2D eigenvalue weighted by molar-refractivity contribution is -0.150. The molecule has 2 aliphatic heterocycles. The maximum Gasteiger partial charge on any atom is 0.352 e. The van der Waals surface area contributed by atoms with Gasteiger partial charge in [0, 0.05) is 11.1 Å². The molecule has 0 aromatic carbocycles. The number of carbonyl (C=O) groups is 3. The highest BCUT2D eigenvalue weighted by molar-refractivity contribution is 8.00. The van der Waals surface area contributed by atoms with Crippen LogP contribution < -0.4 is 11.1 Å². The van der Waals surface area contributed by atoms with E-state index in [0.29, 0.717) is 11.3 Å². The number of hydrogen-bond acceptors (Lipinski definition) is 9. The summed E-state index contributed by atoms with van der Waals surface area (Å²) >= 11 is 2.48. The normalized spacial score (nSPS) is 21.7. The Balaban J connectivity index is 1.80. The van der Waals surface area contributed by atoms with E-state index in [9.17, 15) is 19.5 Å². The summed E-state index contributed by atoms with van der Waals surface area (Å²) in [6, 6.07) is -0.888. The zero-order valence-corrected chi connectivity index (χ0v) is 16.4. The van der Waals surface area contributed by atoms with Crippen LogP contribution in [0, 0.1) is 0 Å². The van der Waals surface area contributed by atoms with Gasteiger partial charge in [-0.3, -0.25) is 14.5 Å². The van der Waals surface area contributed by atoms with Gasteiger partial charge in [-0.15, -0.1) is 23.1 Å². The van der Waals surface area contributed by atoms with Gasteiger partial charge in [0.25, 0.3) is 11.8 Å². The lowest BCUT2D eigenvalue weighted by Crippen LogP contribution is -2.71. The van der Waals surface area contributed by atoms with Crippen molar-refractivity contribution < 1.29 is 24.3 Å². The Bertz CT molecular complexity index is 909. The number of nitrogens with zero attached hydrogens (tertiary/aromatic N) is 3. The van der Waals surface area contributed by atoms with Crippen LogP contribution in [0.1, 0.15) is 12.6 Å². The summed E-state index contributed by atoms with van der Waals surface area (Å²) < 4.78 is 0. The molecule has 0 spiro atoms. The second kappa shape index (κ2) is 8.02. The quantitative estimate of drug-likeness (QED) is 0.324. The number of nitrogen functional groups attached to an aromatic ring is 1. The largest absolute Gasteiger partial charge is 0.477 e. The van der Waals surface area contributed by atoms with E-state index in [0.717, 1.165) is 11.3 Å². The summed E-state index contributed by atoms with van der Waals surface area (Å²) in [6.07, 6.45) is 1.42. The smallest absolute Gasteiger partial charge is 0.352 e. The van der Waals surface area contributed by atoms with Gasteiger partial charge in [-0.05, 0) is 12.5 Å². The van der Waals surface area contributed by atoms with Crippen LogP contribution in [0.5, 0.6) is 0 Å². The van der Waals surface area contributed by atoms with Gasteiger partial charge in [-0.2, -0.15) is 0 Å². The van der Waals surface area contributed by atoms with Crippen molar-refractivity contribution in [1.29, 1.82) is 0 Å². The predicted octanol–water partition coefficient (Wildman–Crippen LogP) is 0.391. The summed E-state index contributed by atoms with van der Waals surface area (Å²) in [5.74, 6) is -2.02. The van der Waals surface area contributed by atoms with E-state index < -0.39 is 29.2 Å². The fourth-order valence-corrected chi connectivity index (χ4v) is 4.63. The van der Waals surface area contributed by atoms with Crippen molar-refractivity contribution in [2.45, 2.75) is 18.3 Å². The maximum atomic E-state index is 12.7. The molecule has 2 unspecified atom stereocenters. The average Bonchev–Trinajstić information content (AvgIpc) is 3.10. The van der Waals surface area contributed by atoms with E-state index in [1.165, 1.54) is 22.7 Å². The molecule has 1 saturated heterocycles. The Morgan fingerprint density at radius 3 is 2.93 bits per heavy atom. The molecular weight excluding hydrogens is 406 g/mol. The van der Waals surface area contributed by atoms with E-state index in [-0.39, 0.29) is 28.8 Å². The third-order valence-electron chi connectivity index (χ3n) is 4.00. The van der Waals surface area contributed by atoms with Crippen molar-refractivity contribution in [1.82, 2.24) is 15.2 Å². The van der Waals surface area contributed by atoms with Gasteiger partial charge >= 0.3 is 5.97 Å². The summed E-state index contributed by atoms with van der Waals surface area (Å²) in [5, 5.41) is 17.1. The van der Waals surface area contributed by atoms with Gasteiger partial charge in [-0.25, -0.2) is 9.78 Å². The number of nitrogens with one attached hydrogen (secondary N) is 1. The van der Waals surface area contributed by atoms with E-state index in [2.05, 4.69) is 22.0 Å². The Kier molecular flexibility index (Phi) is 5.70. The fourth-order valence-electron chi connectivity index (χ4n) is 2.74. The van der Waals surface area contributed by atoms with Crippen LogP contribution in [0.15, 0.2) is 34.5 Å². The predicted molar refractivity (Wildman–Crippen MR) is 105 cm³/mol. The number of anilines is 1. The zero-order chi connectivity index (χ0) is 20.4. The molecular formula is C16H17N5O5S2. The first kappa shape index (κ1) is 19.9. The van der Waals surface area contributed by atoms with Crippen LogP contribution in [-0.4, -0.2) is 62.3 Å². The molecule has 2 amide bonds. The Labute approximate surface area is 168 Å². The molecule has 148 valence electrons. The maximum absolute atomic E-state index is 12.7. The highest BCUT2D eigenvalue weighted by Crippen LogP contribution is 2.40. The first-order valence-corrected chi connectivity index (χ1v) is 10.1. The lowest BCUT2D eigenvalue weighted by Gasteiger charge is -2.49. The highest BCUT2D eigenvalue weighted by atomic mass is 32.2. The summed E-state index contributed by atoms with van der Waals surface area (Å²) in [5.41, 5.74) is 6.09. The minimum Gasteiger partial charge on any atom is -0.477 e. The Morgan fingerprint density at radius 2 is 2.36 bits per heavy atom. The van der Waals surface area contributed by atoms with Crippen molar-refractivity contribution in [2.75, 3.05) is 18.1 Å². The molecule has 1 fully saturated rings. The molecule has 4 N–H and O–H groups in total. The van der Waals surface area contributed by atoms with Crippen molar-refractivity contribution in [2.24, 2.45) is 5.16 Å². The van der Waals surface area contributed by atoms with Crippen molar-refractivity contribution in [3.05, 3.63) is 35.0 Å². The van der Waals surface area contributed by atoms with Crippen LogP contribution >= 0.6 is 23.1 Å². The van der Waals surface area contributed by atoms with E-state index in [4.69, 9.17) is 10.6 Å². The number of aromatic nitrogens is 1. The number of carbonyl (C=O) groups excluding carboxylic acids is 2. The number of thioether (sulfide) groups is 1. The van der Waals surface area contributed by atoms with E-state index in [1.54, 1.807) is 12.3 Å².